The predicted molar refractivity (Wildman–Crippen MR) is 92.5 cm³/mol. The Morgan fingerprint density at radius 1 is 1.28 bits per heavy atom. The Labute approximate surface area is 148 Å². The fourth-order valence-electron chi connectivity index (χ4n) is 2.30. The molecule has 2 atom stereocenters. The van der Waals surface area contributed by atoms with Gasteiger partial charge in [-0.2, -0.15) is 8.42 Å². The first-order valence-electron chi connectivity index (χ1n) is 8.00. The summed E-state index contributed by atoms with van der Waals surface area (Å²) in [7, 11) is -3.63. The van der Waals surface area contributed by atoms with E-state index in [2.05, 4.69) is 5.32 Å². The highest BCUT2D eigenvalue weighted by atomic mass is 32.2. The lowest BCUT2D eigenvalue weighted by molar-refractivity contribution is 0.0376. The van der Waals surface area contributed by atoms with E-state index >= 15 is 0 Å². The third-order valence-electron chi connectivity index (χ3n) is 3.58. The molecule has 1 aliphatic rings. The Kier molecular flexibility index (Phi) is 5.75. The Bertz CT molecular complexity index is 698. The van der Waals surface area contributed by atoms with Crippen LogP contribution in [0.2, 0.25) is 0 Å². The lowest BCUT2D eigenvalue weighted by atomic mass is 10.2. The second-order valence-electron chi connectivity index (χ2n) is 7.24. The lowest BCUT2D eigenvalue weighted by Crippen LogP contribution is -2.46. The predicted octanol–water partition coefficient (Wildman–Crippen LogP) is 2.22. The maximum absolute atomic E-state index is 12.1. The van der Waals surface area contributed by atoms with E-state index in [0.29, 0.717) is 13.0 Å². The van der Waals surface area contributed by atoms with E-state index in [-0.39, 0.29) is 12.7 Å². The van der Waals surface area contributed by atoms with Crippen molar-refractivity contribution >= 4 is 16.2 Å². The van der Waals surface area contributed by atoms with Crippen molar-refractivity contribution in [1.82, 2.24) is 5.32 Å². The fourth-order valence-corrected chi connectivity index (χ4v) is 2.72. The number of hydrogen-bond donors (Lipinski definition) is 1. The van der Waals surface area contributed by atoms with Crippen LogP contribution < -0.4 is 5.32 Å². The van der Waals surface area contributed by atoms with Gasteiger partial charge in [0.2, 0.25) is 0 Å². The zero-order valence-corrected chi connectivity index (χ0v) is 15.8. The van der Waals surface area contributed by atoms with Gasteiger partial charge < -0.3 is 14.8 Å². The van der Waals surface area contributed by atoms with Gasteiger partial charge in [0.15, 0.2) is 0 Å². The molecule has 1 saturated carbocycles. The molecule has 1 N–H and O–H groups in total. The molecule has 0 bridgehead atoms. The van der Waals surface area contributed by atoms with Crippen molar-refractivity contribution in [3.05, 3.63) is 35.9 Å². The van der Waals surface area contributed by atoms with Gasteiger partial charge in [-0.3, -0.25) is 4.18 Å². The number of rotatable bonds is 7. The van der Waals surface area contributed by atoms with Crippen molar-refractivity contribution in [2.45, 2.75) is 51.0 Å². The first-order valence-corrected chi connectivity index (χ1v) is 9.82. The molecule has 140 valence electrons. The van der Waals surface area contributed by atoms with Crippen LogP contribution in [0.1, 0.15) is 32.8 Å². The fraction of sp³-hybridized carbons (Fsp3) is 0.588. The largest absolute Gasteiger partial charge is 0.444 e. The minimum atomic E-state index is -3.63. The number of alkyl carbamates (subject to hydrolysis) is 1. The standard InChI is InChI=1S/C17H25NO6S/c1-16(2,3)24-15(19)18-17(12-23-25(4,20)21)10-14(17)22-11-13-8-6-5-7-9-13/h5-9,14H,10-12H2,1-4H3,(H,18,19). The number of hydrogen-bond acceptors (Lipinski definition) is 6. The van der Waals surface area contributed by atoms with Gasteiger partial charge in [-0.05, 0) is 26.3 Å². The molecular weight excluding hydrogens is 346 g/mol. The normalized spacial score (nSPS) is 23.1. The van der Waals surface area contributed by atoms with Crippen LogP contribution in [0.25, 0.3) is 0 Å². The molecule has 0 aromatic heterocycles. The summed E-state index contributed by atoms with van der Waals surface area (Å²) in [5, 5.41) is 2.71. The summed E-state index contributed by atoms with van der Waals surface area (Å²) >= 11 is 0. The second-order valence-corrected chi connectivity index (χ2v) is 8.88. The van der Waals surface area contributed by atoms with Crippen molar-refractivity contribution in [1.29, 1.82) is 0 Å². The molecule has 1 aromatic rings. The highest BCUT2D eigenvalue weighted by molar-refractivity contribution is 7.85. The molecule has 8 heteroatoms. The smallest absolute Gasteiger partial charge is 0.408 e. The number of carbonyl (C=O) groups excluding carboxylic acids is 1. The van der Waals surface area contributed by atoms with Gasteiger partial charge in [-0.25, -0.2) is 4.79 Å². The van der Waals surface area contributed by atoms with E-state index in [0.717, 1.165) is 11.8 Å². The zero-order valence-electron chi connectivity index (χ0n) is 14.9. The van der Waals surface area contributed by atoms with Gasteiger partial charge in [0.1, 0.15) is 5.60 Å². The van der Waals surface area contributed by atoms with Crippen molar-refractivity contribution in [2.75, 3.05) is 12.9 Å². The Morgan fingerprint density at radius 2 is 1.92 bits per heavy atom. The van der Waals surface area contributed by atoms with E-state index in [4.69, 9.17) is 13.7 Å². The van der Waals surface area contributed by atoms with Crippen molar-refractivity contribution < 1.29 is 26.9 Å². The van der Waals surface area contributed by atoms with Crippen molar-refractivity contribution in [2.24, 2.45) is 0 Å². The highest BCUT2D eigenvalue weighted by Crippen LogP contribution is 2.40. The van der Waals surface area contributed by atoms with E-state index in [1.54, 1.807) is 20.8 Å². The van der Waals surface area contributed by atoms with Crippen LogP contribution >= 0.6 is 0 Å². The summed E-state index contributed by atoms with van der Waals surface area (Å²) in [6.07, 6.45) is 0.447. The molecule has 7 nitrogen and oxygen atoms in total. The molecule has 0 spiro atoms. The van der Waals surface area contributed by atoms with E-state index in [9.17, 15) is 13.2 Å². The van der Waals surface area contributed by atoms with Crippen LogP contribution in [0.15, 0.2) is 30.3 Å². The molecule has 1 aliphatic carbocycles. The number of benzene rings is 1. The van der Waals surface area contributed by atoms with Gasteiger partial charge in [0.05, 0.1) is 31.1 Å². The van der Waals surface area contributed by atoms with Gasteiger partial charge in [-0.15, -0.1) is 0 Å². The minimum absolute atomic E-state index is 0.190. The monoisotopic (exact) mass is 371 g/mol. The topological polar surface area (TPSA) is 90.9 Å². The lowest BCUT2D eigenvalue weighted by Gasteiger charge is -2.24. The molecule has 0 radical (unpaired) electrons. The maximum atomic E-state index is 12.1. The summed E-state index contributed by atoms with van der Waals surface area (Å²) in [5.74, 6) is 0. The zero-order chi connectivity index (χ0) is 18.7. The summed E-state index contributed by atoms with van der Waals surface area (Å²) in [6, 6.07) is 9.58. The average molecular weight is 371 g/mol. The van der Waals surface area contributed by atoms with E-state index < -0.39 is 27.4 Å². The number of carbonyl (C=O) groups is 1. The minimum Gasteiger partial charge on any atom is -0.444 e. The van der Waals surface area contributed by atoms with Crippen LogP contribution in [-0.4, -0.2) is 44.6 Å². The summed E-state index contributed by atoms with van der Waals surface area (Å²) in [5.41, 5.74) is -0.567. The molecule has 1 amide bonds. The first kappa shape index (κ1) is 19.7. The molecule has 2 rings (SSSR count). The molecule has 0 aliphatic heterocycles. The van der Waals surface area contributed by atoms with Crippen LogP contribution in [0.4, 0.5) is 4.79 Å². The van der Waals surface area contributed by atoms with Gasteiger partial charge in [0, 0.05) is 6.42 Å². The molecular formula is C17H25NO6S. The van der Waals surface area contributed by atoms with Gasteiger partial charge in [0.25, 0.3) is 10.1 Å². The summed E-state index contributed by atoms with van der Waals surface area (Å²) in [4.78, 5) is 12.1. The van der Waals surface area contributed by atoms with Crippen molar-refractivity contribution in [3.8, 4) is 0 Å². The molecule has 2 unspecified atom stereocenters. The molecule has 0 saturated heterocycles. The Hall–Kier alpha value is -1.64. The van der Waals surface area contributed by atoms with Crippen LogP contribution in [0, 0.1) is 0 Å². The Morgan fingerprint density at radius 3 is 2.48 bits per heavy atom. The Balaban J connectivity index is 1.98. The second kappa shape index (κ2) is 7.31. The third kappa shape index (κ3) is 6.64. The summed E-state index contributed by atoms with van der Waals surface area (Å²) in [6.45, 7) is 5.43. The van der Waals surface area contributed by atoms with Crippen LogP contribution in [-0.2, 0) is 30.4 Å². The quantitative estimate of drug-likeness (QED) is 0.739. The summed E-state index contributed by atoms with van der Waals surface area (Å²) < 4.78 is 38.5. The van der Waals surface area contributed by atoms with E-state index in [1.165, 1.54) is 0 Å². The molecule has 1 aromatic carbocycles. The maximum Gasteiger partial charge on any atom is 0.408 e. The van der Waals surface area contributed by atoms with Crippen molar-refractivity contribution in [3.63, 3.8) is 0 Å². The average Bonchev–Trinajstić information content (AvgIpc) is 3.14. The number of nitrogens with one attached hydrogen (secondary N) is 1. The highest BCUT2D eigenvalue weighted by Gasteiger charge is 2.58. The number of amides is 1. The van der Waals surface area contributed by atoms with Gasteiger partial charge in [-0.1, -0.05) is 30.3 Å². The van der Waals surface area contributed by atoms with Crippen LogP contribution in [0.3, 0.4) is 0 Å². The van der Waals surface area contributed by atoms with Gasteiger partial charge >= 0.3 is 6.09 Å². The molecule has 1 fully saturated rings. The SMILES string of the molecule is CC(C)(C)OC(=O)NC1(COS(C)(=O)=O)CC1OCc1ccccc1. The first-order chi connectivity index (χ1) is 11.5. The number of ether oxygens (including phenoxy) is 2. The van der Waals surface area contributed by atoms with E-state index in [1.807, 2.05) is 30.3 Å². The molecule has 0 heterocycles. The molecule has 25 heavy (non-hydrogen) atoms. The third-order valence-corrected chi connectivity index (χ3v) is 4.13. The van der Waals surface area contributed by atoms with Crippen LogP contribution in [0.5, 0.6) is 0 Å².